The third kappa shape index (κ3) is 4.98. The number of fused-ring (bicyclic) bond motifs is 1. The van der Waals surface area contributed by atoms with Gasteiger partial charge in [-0.15, -0.1) is 12.4 Å². The standard InChI is InChI=1S/C18H15Cl2F3N4O2.ClH/c19-10-3-1-4-11(20)14(10)17(29)25-12-5-2-7-27-13(9-24-6-8-28)15(18(21,22)23)26-16(12)27;/h1-5,7,24,28H,6,8-9H2,(H,25,29);1H. The summed E-state index contributed by atoms with van der Waals surface area (Å²) < 4.78 is 41.7. The fourth-order valence-electron chi connectivity index (χ4n) is 2.80. The number of pyridine rings is 1. The minimum absolute atomic E-state index is 0. The molecule has 0 aliphatic heterocycles. The molecule has 0 unspecified atom stereocenters. The Labute approximate surface area is 185 Å². The van der Waals surface area contributed by atoms with Crippen molar-refractivity contribution in [1.29, 1.82) is 0 Å². The number of aromatic nitrogens is 2. The zero-order chi connectivity index (χ0) is 21.2. The van der Waals surface area contributed by atoms with Crippen molar-refractivity contribution in [2.45, 2.75) is 12.7 Å². The monoisotopic (exact) mass is 482 g/mol. The molecule has 0 bridgehead atoms. The number of hydrogen-bond donors (Lipinski definition) is 3. The molecular weight excluding hydrogens is 468 g/mol. The highest BCUT2D eigenvalue weighted by Crippen LogP contribution is 2.34. The average Bonchev–Trinajstić information content (AvgIpc) is 3.02. The normalized spacial score (nSPS) is 11.4. The molecule has 0 saturated heterocycles. The summed E-state index contributed by atoms with van der Waals surface area (Å²) in [6, 6.07) is 7.43. The van der Waals surface area contributed by atoms with Crippen molar-refractivity contribution < 1.29 is 23.1 Å². The summed E-state index contributed by atoms with van der Waals surface area (Å²) in [5.74, 6) is -0.676. The second kappa shape index (κ2) is 9.84. The summed E-state index contributed by atoms with van der Waals surface area (Å²) in [5.41, 5.74) is -1.25. The maximum absolute atomic E-state index is 13.5. The summed E-state index contributed by atoms with van der Waals surface area (Å²) in [7, 11) is 0. The number of nitrogens with one attached hydrogen (secondary N) is 2. The van der Waals surface area contributed by atoms with Gasteiger partial charge in [-0.25, -0.2) is 4.98 Å². The molecule has 0 saturated carbocycles. The first-order chi connectivity index (χ1) is 13.7. The van der Waals surface area contributed by atoms with Gasteiger partial charge in [-0.2, -0.15) is 13.2 Å². The molecule has 0 spiro atoms. The number of aliphatic hydroxyl groups excluding tert-OH is 1. The summed E-state index contributed by atoms with van der Waals surface area (Å²) in [5, 5.41) is 14.3. The fraction of sp³-hybridized carbons (Fsp3) is 0.222. The quantitative estimate of drug-likeness (QED) is 0.454. The lowest BCUT2D eigenvalue weighted by Gasteiger charge is -2.10. The van der Waals surface area contributed by atoms with Crippen molar-refractivity contribution in [1.82, 2.24) is 14.7 Å². The maximum Gasteiger partial charge on any atom is 0.435 e. The average molecular weight is 484 g/mol. The first-order valence-electron chi connectivity index (χ1n) is 8.38. The summed E-state index contributed by atoms with van der Waals surface area (Å²) in [6.45, 7) is -0.283. The SMILES string of the molecule is Cl.O=C(Nc1cccn2c(CNCCO)c(C(F)(F)F)nc12)c1c(Cl)cccc1Cl. The second-order valence-corrected chi connectivity index (χ2v) is 6.79. The zero-order valence-corrected chi connectivity index (χ0v) is 17.5. The van der Waals surface area contributed by atoms with Crippen LogP contribution in [0.15, 0.2) is 36.5 Å². The van der Waals surface area contributed by atoms with Gasteiger partial charge in [0.2, 0.25) is 0 Å². The van der Waals surface area contributed by atoms with Gasteiger partial charge in [-0.1, -0.05) is 29.3 Å². The Bertz CT molecular complexity index is 1040. The first kappa shape index (κ1) is 24.2. The zero-order valence-electron chi connectivity index (χ0n) is 15.1. The molecule has 3 aromatic rings. The van der Waals surface area contributed by atoms with Crippen LogP contribution in [0.25, 0.3) is 5.65 Å². The van der Waals surface area contributed by atoms with Crippen LogP contribution in [0.3, 0.4) is 0 Å². The van der Waals surface area contributed by atoms with Gasteiger partial charge in [-0.05, 0) is 24.3 Å². The van der Waals surface area contributed by atoms with Crippen molar-refractivity contribution in [3.8, 4) is 0 Å². The number of carbonyl (C=O) groups excluding carboxylic acids is 1. The Kier molecular flexibility index (Phi) is 7.95. The van der Waals surface area contributed by atoms with E-state index in [-0.39, 0.29) is 64.7 Å². The molecule has 0 aliphatic carbocycles. The van der Waals surface area contributed by atoms with Crippen molar-refractivity contribution in [2.24, 2.45) is 0 Å². The molecule has 3 N–H and O–H groups in total. The van der Waals surface area contributed by atoms with Gasteiger partial charge >= 0.3 is 6.18 Å². The van der Waals surface area contributed by atoms with Gasteiger partial charge in [0.25, 0.3) is 5.91 Å². The van der Waals surface area contributed by atoms with E-state index in [0.717, 1.165) is 0 Å². The lowest BCUT2D eigenvalue weighted by atomic mass is 10.2. The van der Waals surface area contributed by atoms with Crippen molar-refractivity contribution in [2.75, 3.05) is 18.5 Å². The number of halogens is 6. The molecule has 6 nitrogen and oxygen atoms in total. The molecule has 0 radical (unpaired) electrons. The number of benzene rings is 1. The van der Waals surface area contributed by atoms with Gasteiger partial charge in [0.15, 0.2) is 11.3 Å². The third-order valence-electron chi connectivity index (χ3n) is 4.04. The molecule has 3 rings (SSSR count). The molecular formula is C18H16Cl3F3N4O2. The topological polar surface area (TPSA) is 78.7 Å². The lowest BCUT2D eigenvalue weighted by molar-refractivity contribution is -0.141. The van der Waals surface area contributed by atoms with E-state index >= 15 is 0 Å². The number of aliphatic hydroxyl groups is 1. The summed E-state index contributed by atoms with van der Waals surface area (Å²) in [4.78, 5) is 16.3. The predicted octanol–water partition coefficient (Wildman–Crippen LogP) is 4.42. The number of nitrogens with zero attached hydrogens (tertiary/aromatic N) is 2. The van der Waals surface area contributed by atoms with Crippen LogP contribution in [-0.4, -0.2) is 33.6 Å². The van der Waals surface area contributed by atoms with Crippen LogP contribution in [0, 0.1) is 0 Å². The molecule has 162 valence electrons. The highest BCUT2D eigenvalue weighted by atomic mass is 35.5. The maximum atomic E-state index is 13.5. The predicted molar refractivity (Wildman–Crippen MR) is 111 cm³/mol. The van der Waals surface area contributed by atoms with E-state index in [0.29, 0.717) is 0 Å². The highest BCUT2D eigenvalue weighted by molar-refractivity contribution is 6.40. The Morgan fingerprint density at radius 1 is 1.17 bits per heavy atom. The Morgan fingerprint density at radius 3 is 2.43 bits per heavy atom. The molecule has 2 heterocycles. The van der Waals surface area contributed by atoms with Crippen LogP contribution in [0.2, 0.25) is 10.0 Å². The third-order valence-corrected chi connectivity index (χ3v) is 4.67. The van der Waals surface area contributed by atoms with Gasteiger partial charge in [-0.3, -0.25) is 4.79 Å². The minimum Gasteiger partial charge on any atom is -0.395 e. The largest absolute Gasteiger partial charge is 0.435 e. The molecule has 0 aliphatic rings. The van der Waals surface area contributed by atoms with E-state index in [1.165, 1.54) is 34.9 Å². The number of alkyl halides is 3. The molecule has 12 heteroatoms. The number of hydrogen-bond acceptors (Lipinski definition) is 4. The molecule has 30 heavy (non-hydrogen) atoms. The van der Waals surface area contributed by atoms with E-state index < -0.39 is 17.8 Å². The van der Waals surface area contributed by atoms with Gasteiger partial charge in [0, 0.05) is 19.3 Å². The number of imidazole rings is 1. The van der Waals surface area contributed by atoms with Crippen LogP contribution in [0.4, 0.5) is 18.9 Å². The van der Waals surface area contributed by atoms with Crippen molar-refractivity contribution >= 4 is 52.9 Å². The number of rotatable bonds is 6. The fourth-order valence-corrected chi connectivity index (χ4v) is 3.36. The second-order valence-electron chi connectivity index (χ2n) is 5.97. The van der Waals surface area contributed by atoms with Gasteiger partial charge in [0.05, 0.1) is 33.6 Å². The van der Waals surface area contributed by atoms with Crippen LogP contribution in [-0.2, 0) is 12.7 Å². The molecule has 1 amide bonds. The van der Waals surface area contributed by atoms with Crippen LogP contribution < -0.4 is 10.6 Å². The van der Waals surface area contributed by atoms with Gasteiger partial charge < -0.3 is 20.1 Å². The smallest absolute Gasteiger partial charge is 0.395 e. The Balaban J connectivity index is 0.00000320. The highest BCUT2D eigenvalue weighted by Gasteiger charge is 2.38. The minimum atomic E-state index is -4.70. The number of amides is 1. The summed E-state index contributed by atoms with van der Waals surface area (Å²) >= 11 is 12.1. The van der Waals surface area contributed by atoms with E-state index in [2.05, 4.69) is 15.6 Å². The lowest BCUT2D eigenvalue weighted by Crippen LogP contribution is -2.21. The van der Waals surface area contributed by atoms with Crippen molar-refractivity contribution in [3.63, 3.8) is 0 Å². The van der Waals surface area contributed by atoms with E-state index in [1.807, 2.05) is 0 Å². The van der Waals surface area contributed by atoms with E-state index in [9.17, 15) is 18.0 Å². The number of anilines is 1. The number of carbonyl (C=O) groups is 1. The molecule has 0 fully saturated rings. The van der Waals surface area contributed by atoms with E-state index in [1.54, 1.807) is 6.07 Å². The van der Waals surface area contributed by atoms with Gasteiger partial charge in [0.1, 0.15) is 0 Å². The van der Waals surface area contributed by atoms with E-state index in [4.69, 9.17) is 28.3 Å². The Morgan fingerprint density at radius 2 is 1.83 bits per heavy atom. The summed E-state index contributed by atoms with van der Waals surface area (Å²) in [6.07, 6.45) is -3.29. The van der Waals surface area contributed by atoms with Crippen molar-refractivity contribution in [3.05, 3.63) is 63.5 Å². The molecule has 0 atom stereocenters. The molecule has 1 aromatic carbocycles. The Hall–Kier alpha value is -2.04. The van der Waals surface area contributed by atoms with Crippen LogP contribution in [0.1, 0.15) is 21.7 Å². The van der Waals surface area contributed by atoms with Crippen LogP contribution >= 0.6 is 35.6 Å². The van der Waals surface area contributed by atoms with Crippen LogP contribution in [0.5, 0.6) is 0 Å². The molecule has 2 aromatic heterocycles. The first-order valence-corrected chi connectivity index (χ1v) is 9.13.